The molecule has 0 radical (unpaired) electrons. The molecule has 0 aliphatic heterocycles. The van der Waals surface area contributed by atoms with Gasteiger partial charge in [0.15, 0.2) is 0 Å². The van der Waals surface area contributed by atoms with Crippen LogP contribution in [0.1, 0.15) is 137 Å². The maximum absolute atomic E-state index is 11.8. The van der Waals surface area contributed by atoms with E-state index in [4.69, 9.17) is 9.47 Å². The first-order valence-electron chi connectivity index (χ1n) is 14.5. The third kappa shape index (κ3) is 17.8. The van der Waals surface area contributed by atoms with E-state index in [0.29, 0.717) is 11.7 Å². The minimum Gasteiger partial charge on any atom is -0.476 e. The van der Waals surface area contributed by atoms with E-state index in [0.717, 1.165) is 12.2 Å². The van der Waals surface area contributed by atoms with E-state index in [9.17, 15) is 14.5 Å². The fraction of sp³-hybridized carbons (Fsp3) is 0.964. The first-order chi connectivity index (χ1) is 17.0. The van der Waals surface area contributed by atoms with Crippen LogP contribution in [0.5, 0.6) is 0 Å². The first kappa shape index (κ1) is 34.8. The van der Waals surface area contributed by atoms with Crippen molar-refractivity contribution in [3.63, 3.8) is 0 Å². The van der Waals surface area contributed by atoms with Gasteiger partial charge in [-0.2, -0.15) is 11.8 Å². The minimum atomic E-state index is -1.75. The Morgan fingerprint density at radius 1 is 0.829 bits per heavy atom. The van der Waals surface area contributed by atoms with Crippen LogP contribution >= 0.6 is 20.2 Å². The van der Waals surface area contributed by atoms with Crippen molar-refractivity contribution < 1.29 is 23.9 Å². The van der Waals surface area contributed by atoms with E-state index >= 15 is 0 Å². The molecule has 0 aliphatic carbocycles. The Labute approximate surface area is 222 Å². The van der Waals surface area contributed by atoms with Crippen molar-refractivity contribution in [1.29, 1.82) is 0 Å². The van der Waals surface area contributed by atoms with E-state index in [1.54, 1.807) is 0 Å². The van der Waals surface area contributed by atoms with Gasteiger partial charge >= 0.3 is 19.8 Å². The maximum Gasteiger partial charge on any atom is 0.390 e. The largest absolute Gasteiger partial charge is 0.476 e. The summed E-state index contributed by atoms with van der Waals surface area (Å²) in [6.45, 7) is 8.53. The average Bonchev–Trinajstić information content (AvgIpc) is 2.85. The molecule has 0 rings (SSSR count). The third-order valence-corrected chi connectivity index (χ3v) is 8.96. The predicted molar refractivity (Wildman–Crippen MR) is 152 cm³/mol. The van der Waals surface area contributed by atoms with E-state index < -0.39 is 19.8 Å². The highest BCUT2D eigenvalue weighted by Crippen LogP contribution is 2.30. The van der Waals surface area contributed by atoms with Gasteiger partial charge in [0.2, 0.25) is 0 Å². The van der Waals surface area contributed by atoms with Crippen molar-refractivity contribution >= 4 is 26.2 Å². The van der Waals surface area contributed by atoms with Crippen LogP contribution in [0.25, 0.3) is 0 Å². The van der Waals surface area contributed by atoms with Gasteiger partial charge < -0.3 is 14.6 Å². The SMILES string of the molecule is CCCCCCCCCCCSC(CCCCCCCC)C(C)OCC(OCCC)([PH+]=O)C(=O)O. The van der Waals surface area contributed by atoms with Crippen molar-refractivity contribution in [3.8, 4) is 0 Å². The normalized spacial score (nSPS) is 15.2. The zero-order chi connectivity index (χ0) is 26.2. The predicted octanol–water partition coefficient (Wildman–Crippen LogP) is 9.01. The summed E-state index contributed by atoms with van der Waals surface area (Å²) in [7, 11) is -1.10. The number of ether oxygens (including phenoxy) is 2. The number of carboxylic acids is 1. The summed E-state index contributed by atoms with van der Waals surface area (Å²) in [6.07, 6.45) is 21.2. The molecule has 0 heterocycles. The van der Waals surface area contributed by atoms with Crippen molar-refractivity contribution in [1.82, 2.24) is 0 Å². The second-order valence-corrected chi connectivity index (χ2v) is 12.3. The maximum atomic E-state index is 11.8. The number of carbonyl (C=O) groups is 1. The molecule has 0 amide bonds. The number of hydrogen-bond donors (Lipinski definition) is 1. The first-order valence-corrected chi connectivity index (χ1v) is 16.4. The summed E-state index contributed by atoms with van der Waals surface area (Å²) < 4.78 is 23.3. The molecule has 0 aromatic carbocycles. The minimum absolute atomic E-state index is 0.102. The summed E-state index contributed by atoms with van der Waals surface area (Å²) in [6, 6.07) is 0. The average molecular weight is 536 g/mol. The number of unbranched alkanes of at least 4 members (excludes halogenated alkanes) is 13. The van der Waals surface area contributed by atoms with Gasteiger partial charge in [0.05, 0.1) is 12.7 Å². The van der Waals surface area contributed by atoms with Gasteiger partial charge in [-0.1, -0.05) is 115 Å². The van der Waals surface area contributed by atoms with Gasteiger partial charge in [-0.3, -0.25) is 0 Å². The van der Waals surface area contributed by atoms with Crippen LogP contribution in [0.2, 0.25) is 0 Å². The number of rotatable bonds is 27. The zero-order valence-electron chi connectivity index (χ0n) is 23.3. The highest BCUT2D eigenvalue weighted by atomic mass is 32.2. The summed E-state index contributed by atoms with van der Waals surface area (Å²) in [5, 5.41) is 8.22. The molecule has 5 nitrogen and oxygen atoms in total. The monoisotopic (exact) mass is 535 g/mol. The van der Waals surface area contributed by atoms with Crippen LogP contribution in [0.3, 0.4) is 0 Å². The lowest BCUT2D eigenvalue weighted by Crippen LogP contribution is -2.43. The van der Waals surface area contributed by atoms with Crippen LogP contribution in [0.4, 0.5) is 0 Å². The van der Waals surface area contributed by atoms with E-state index in [1.165, 1.54) is 96.3 Å². The quantitative estimate of drug-likeness (QED) is 0.0835. The zero-order valence-corrected chi connectivity index (χ0v) is 25.1. The molecule has 35 heavy (non-hydrogen) atoms. The van der Waals surface area contributed by atoms with Gasteiger partial charge in [-0.05, 0) is 31.9 Å². The summed E-state index contributed by atoms with van der Waals surface area (Å²) >= 11 is 1.97. The van der Waals surface area contributed by atoms with Gasteiger partial charge in [0.1, 0.15) is 6.61 Å². The second-order valence-electron chi connectivity index (χ2n) is 9.89. The molecule has 0 aliphatic rings. The van der Waals surface area contributed by atoms with Crippen molar-refractivity contribution in [2.24, 2.45) is 0 Å². The molecular weight excluding hydrogens is 479 g/mol. The van der Waals surface area contributed by atoms with Crippen molar-refractivity contribution in [2.45, 2.75) is 154 Å². The van der Waals surface area contributed by atoms with Crippen LogP contribution in [-0.4, -0.2) is 46.7 Å². The molecule has 4 unspecified atom stereocenters. The summed E-state index contributed by atoms with van der Waals surface area (Å²) in [4.78, 5) is 11.8. The second kappa shape index (κ2) is 24.2. The lowest BCUT2D eigenvalue weighted by Gasteiger charge is -2.26. The summed E-state index contributed by atoms with van der Waals surface area (Å²) in [5.74, 6) is -0.0923. The Morgan fingerprint density at radius 2 is 1.34 bits per heavy atom. The molecule has 0 aromatic heterocycles. The fourth-order valence-electron chi connectivity index (χ4n) is 4.13. The highest BCUT2D eigenvalue weighted by Gasteiger charge is 2.50. The molecule has 208 valence electrons. The molecular formula is C28H56O5PS+. The Kier molecular flexibility index (Phi) is 24.1. The lowest BCUT2D eigenvalue weighted by atomic mass is 10.1. The Balaban J connectivity index is 4.59. The Bertz CT molecular complexity index is 508. The van der Waals surface area contributed by atoms with Crippen molar-refractivity contribution in [2.75, 3.05) is 19.0 Å². The molecule has 0 bridgehead atoms. The highest BCUT2D eigenvalue weighted by molar-refractivity contribution is 7.99. The van der Waals surface area contributed by atoms with E-state index in [-0.39, 0.29) is 19.3 Å². The molecule has 0 saturated carbocycles. The molecule has 1 N–H and O–H groups in total. The van der Waals surface area contributed by atoms with Gasteiger partial charge in [-0.25, -0.2) is 4.79 Å². The van der Waals surface area contributed by atoms with E-state index in [2.05, 4.69) is 13.8 Å². The molecule has 4 atom stereocenters. The number of aliphatic carboxylic acids is 1. The van der Waals surface area contributed by atoms with Crippen LogP contribution in [-0.2, 0) is 18.8 Å². The molecule has 0 saturated heterocycles. The number of carboxylic acid groups (broad SMARTS) is 1. The van der Waals surface area contributed by atoms with Crippen molar-refractivity contribution in [3.05, 3.63) is 0 Å². The summed E-state index contributed by atoms with van der Waals surface area (Å²) in [5.41, 5.74) is 0. The van der Waals surface area contributed by atoms with Gasteiger partial charge in [-0.15, -0.1) is 0 Å². The van der Waals surface area contributed by atoms with Gasteiger partial charge in [0, 0.05) is 5.25 Å². The Hall–Kier alpha value is -0.160. The third-order valence-electron chi connectivity index (χ3n) is 6.56. The number of hydrogen-bond acceptors (Lipinski definition) is 5. The van der Waals surface area contributed by atoms with Crippen LogP contribution < -0.4 is 0 Å². The number of thioether (sulfide) groups is 1. The molecule has 7 heteroatoms. The smallest absolute Gasteiger partial charge is 0.390 e. The Morgan fingerprint density at radius 3 is 1.83 bits per heavy atom. The lowest BCUT2D eigenvalue weighted by molar-refractivity contribution is -0.162. The van der Waals surface area contributed by atoms with E-state index in [1.807, 2.05) is 25.6 Å². The fourth-order valence-corrected chi connectivity index (χ4v) is 5.87. The topological polar surface area (TPSA) is 72.8 Å². The van der Waals surface area contributed by atoms with Crippen LogP contribution in [0, 0.1) is 0 Å². The molecule has 0 spiro atoms. The molecule has 0 aromatic rings. The van der Waals surface area contributed by atoms with Crippen LogP contribution in [0.15, 0.2) is 0 Å². The van der Waals surface area contributed by atoms with Gasteiger partial charge in [0.25, 0.3) is 0 Å². The molecule has 0 fully saturated rings. The standard InChI is InChI=1S/C28H55O5PS/c1-5-8-10-12-14-15-16-18-20-23-35-26(21-19-17-13-11-9-6-2)25(4)32-24-28(34-31,27(29)30)33-22-7-3/h25-26H,5-24H2,1-4H3,(H,29,30)/p+1.